The van der Waals surface area contributed by atoms with Crippen molar-refractivity contribution in [2.75, 3.05) is 26.2 Å². The van der Waals surface area contributed by atoms with Gasteiger partial charge in [-0.05, 0) is 37.6 Å². The van der Waals surface area contributed by atoms with E-state index in [4.69, 9.17) is 4.74 Å². The second kappa shape index (κ2) is 8.53. The fourth-order valence-electron chi connectivity index (χ4n) is 1.57. The lowest BCUT2D eigenvalue weighted by Crippen LogP contribution is -2.34. The molecule has 1 rings (SSSR count). The number of carbonyl (C=O) groups excluding carboxylic acids is 1. The third kappa shape index (κ3) is 5.68. The Labute approximate surface area is 109 Å². The predicted molar refractivity (Wildman–Crippen MR) is 72.9 cm³/mol. The Kier molecular flexibility index (Phi) is 6.87. The Hall–Kier alpha value is -1.55. The number of hydrogen-bond acceptors (Lipinski definition) is 3. The third-order valence-electron chi connectivity index (χ3n) is 2.51. The summed E-state index contributed by atoms with van der Waals surface area (Å²) in [6, 6.07) is 7.97. The molecule has 4 heteroatoms. The molecule has 0 saturated carbocycles. The van der Waals surface area contributed by atoms with Crippen LogP contribution in [-0.4, -0.2) is 32.1 Å². The van der Waals surface area contributed by atoms with E-state index in [1.54, 1.807) is 0 Å². The molecule has 0 aromatic heterocycles. The van der Waals surface area contributed by atoms with Gasteiger partial charge in [-0.15, -0.1) is 0 Å². The van der Waals surface area contributed by atoms with Crippen LogP contribution in [0.1, 0.15) is 19.4 Å². The highest BCUT2D eigenvalue weighted by Crippen LogP contribution is 2.12. The molecule has 0 heterocycles. The summed E-state index contributed by atoms with van der Waals surface area (Å²) in [7, 11) is 0. The fraction of sp³-hybridized carbons (Fsp3) is 0.500. The van der Waals surface area contributed by atoms with Crippen molar-refractivity contribution < 1.29 is 9.53 Å². The largest absolute Gasteiger partial charge is 0.494 e. The van der Waals surface area contributed by atoms with Crippen LogP contribution in [0.15, 0.2) is 24.3 Å². The molecule has 0 aliphatic rings. The molecule has 2 N–H and O–H groups in total. The van der Waals surface area contributed by atoms with Gasteiger partial charge in [0, 0.05) is 6.54 Å². The van der Waals surface area contributed by atoms with Crippen LogP contribution >= 0.6 is 0 Å². The number of ether oxygens (including phenoxy) is 1. The topological polar surface area (TPSA) is 50.4 Å². The molecule has 18 heavy (non-hydrogen) atoms. The van der Waals surface area contributed by atoms with Crippen molar-refractivity contribution >= 4 is 5.91 Å². The summed E-state index contributed by atoms with van der Waals surface area (Å²) in [5, 5.41) is 5.86. The molecular formula is C14H22N2O2. The summed E-state index contributed by atoms with van der Waals surface area (Å²) >= 11 is 0. The third-order valence-corrected chi connectivity index (χ3v) is 2.51. The molecule has 0 unspecified atom stereocenters. The van der Waals surface area contributed by atoms with E-state index in [1.807, 2.05) is 38.1 Å². The zero-order valence-electron chi connectivity index (χ0n) is 11.2. The Morgan fingerprint density at radius 2 is 1.94 bits per heavy atom. The number of amides is 1. The van der Waals surface area contributed by atoms with E-state index in [2.05, 4.69) is 10.6 Å². The quantitative estimate of drug-likeness (QED) is 0.732. The maximum Gasteiger partial charge on any atom is 0.233 e. The Morgan fingerprint density at radius 1 is 1.22 bits per heavy atom. The standard InChI is InChI=1S/C14H22N2O2/c1-3-15-11-14(17)16-10-9-12-5-7-13(8-6-12)18-4-2/h5-8,15H,3-4,9-11H2,1-2H3,(H,16,17). The summed E-state index contributed by atoms with van der Waals surface area (Å²) in [6.45, 7) is 6.49. The molecular weight excluding hydrogens is 228 g/mol. The van der Waals surface area contributed by atoms with Gasteiger partial charge in [0.1, 0.15) is 5.75 Å². The van der Waals surface area contributed by atoms with E-state index < -0.39 is 0 Å². The van der Waals surface area contributed by atoms with E-state index in [-0.39, 0.29) is 5.91 Å². The van der Waals surface area contributed by atoms with Crippen molar-refractivity contribution in [3.8, 4) is 5.75 Å². The first-order chi connectivity index (χ1) is 8.76. The molecule has 0 bridgehead atoms. The number of carbonyl (C=O) groups is 1. The fourth-order valence-corrected chi connectivity index (χ4v) is 1.57. The van der Waals surface area contributed by atoms with Gasteiger partial charge in [0.05, 0.1) is 13.2 Å². The monoisotopic (exact) mass is 250 g/mol. The van der Waals surface area contributed by atoms with Crippen LogP contribution in [-0.2, 0) is 11.2 Å². The van der Waals surface area contributed by atoms with Gasteiger partial charge in [0.25, 0.3) is 0 Å². The number of likely N-dealkylation sites (N-methyl/N-ethyl adjacent to an activating group) is 1. The highest BCUT2D eigenvalue weighted by Gasteiger charge is 1.99. The van der Waals surface area contributed by atoms with E-state index in [0.717, 1.165) is 18.7 Å². The lowest BCUT2D eigenvalue weighted by molar-refractivity contribution is -0.120. The van der Waals surface area contributed by atoms with Gasteiger partial charge in [-0.1, -0.05) is 19.1 Å². The molecule has 1 amide bonds. The highest BCUT2D eigenvalue weighted by atomic mass is 16.5. The lowest BCUT2D eigenvalue weighted by Gasteiger charge is -2.07. The van der Waals surface area contributed by atoms with Gasteiger partial charge in [-0.25, -0.2) is 0 Å². The van der Waals surface area contributed by atoms with Crippen molar-refractivity contribution in [1.82, 2.24) is 10.6 Å². The minimum Gasteiger partial charge on any atom is -0.494 e. The summed E-state index contributed by atoms with van der Waals surface area (Å²) in [4.78, 5) is 11.3. The summed E-state index contributed by atoms with van der Waals surface area (Å²) in [5.41, 5.74) is 1.20. The second-order valence-corrected chi connectivity index (χ2v) is 3.96. The van der Waals surface area contributed by atoms with Gasteiger partial charge < -0.3 is 15.4 Å². The van der Waals surface area contributed by atoms with Gasteiger partial charge in [0.2, 0.25) is 5.91 Å². The first kappa shape index (κ1) is 14.5. The van der Waals surface area contributed by atoms with Crippen LogP contribution in [0.4, 0.5) is 0 Å². The molecule has 0 radical (unpaired) electrons. The van der Waals surface area contributed by atoms with Gasteiger partial charge in [0.15, 0.2) is 0 Å². The van der Waals surface area contributed by atoms with Crippen LogP contribution in [0, 0.1) is 0 Å². The van der Waals surface area contributed by atoms with Gasteiger partial charge in [-0.2, -0.15) is 0 Å². The minimum absolute atomic E-state index is 0.0442. The van der Waals surface area contributed by atoms with Crippen molar-refractivity contribution in [3.63, 3.8) is 0 Å². The zero-order valence-corrected chi connectivity index (χ0v) is 11.2. The molecule has 1 aromatic carbocycles. The minimum atomic E-state index is 0.0442. The molecule has 4 nitrogen and oxygen atoms in total. The summed E-state index contributed by atoms with van der Waals surface area (Å²) in [5.74, 6) is 0.931. The maximum absolute atomic E-state index is 11.3. The van der Waals surface area contributed by atoms with Crippen molar-refractivity contribution in [2.24, 2.45) is 0 Å². The zero-order chi connectivity index (χ0) is 13.2. The molecule has 0 atom stereocenters. The van der Waals surface area contributed by atoms with Crippen LogP contribution in [0.25, 0.3) is 0 Å². The smallest absolute Gasteiger partial charge is 0.233 e. The Balaban J connectivity index is 2.24. The predicted octanol–water partition coefficient (Wildman–Crippen LogP) is 1.35. The maximum atomic E-state index is 11.3. The average Bonchev–Trinajstić information content (AvgIpc) is 2.39. The first-order valence-corrected chi connectivity index (χ1v) is 6.45. The number of rotatable bonds is 8. The Bertz CT molecular complexity index is 349. The SMILES string of the molecule is CCNCC(=O)NCCc1ccc(OCC)cc1. The molecule has 0 fully saturated rings. The molecule has 0 aliphatic carbocycles. The number of hydrogen-bond donors (Lipinski definition) is 2. The van der Waals surface area contributed by atoms with Crippen molar-refractivity contribution in [2.45, 2.75) is 20.3 Å². The molecule has 0 aliphatic heterocycles. The lowest BCUT2D eigenvalue weighted by atomic mass is 10.1. The van der Waals surface area contributed by atoms with E-state index in [0.29, 0.717) is 19.7 Å². The summed E-state index contributed by atoms with van der Waals surface area (Å²) in [6.07, 6.45) is 0.838. The average molecular weight is 250 g/mol. The van der Waals surface area contributed by atoms with E-state index in [9.17, 15) is 4.79 Å². The van der Waals surface area contributed by atoms with Gasteiger partial charge in [-0.3, -0.25) is 4.79 Å². The molecule has 0 spiro atoms. The summed E-state index contributed by atoms with van der Waals surface area (Å²) < 4.78 is 5.37. The molecule has 0 saturated heterocycles. The Morgan fingerprint density at radius 3 is 2.56 bits per heavy atom. The molecule has 100 valence electrons. The number of benzene rings is 1. The first-order valence-electron chi connectivity index (χ1n) is 6.45. The van der Waals surface area contributed by atoms with Crippen LogP contribution < -0.4 is 15.4 Å². The van der Waals surface area contributed by atoms with Crippen molar-refractivity contribution in [3.05, 3.63) is 29.8 Å². The van der Waals surface area contributed by atoms with Gasteiger partial charge >= 0.3 is 0 Å². The van der Waals surface area contributed by atoms with Crippen molar-refractivity contribution in [1.29, 1.82) is 0 Å². The van der Waals surface area contributed by atoms with E-state index >= 15 is 0 Å². The normalized spacial score (nSPS) is 10.1. The van der Waals surface area contributed by atoms with Crippen LogP contribution in [0.5, 0.6) is 5.75 Å². The van der Waals surface area contributed by atoms with Crippen LogP contribution in [0.2, 0.25) is 0 Å². The number of nitrogens with one attached hydrogen (secondary N) is 2. The van der Waals surface area contributed by atoms with Crippen LogP contribution in [0.3, 0.4) is 0 Å². The second-order valence-electron chi connectivity index (χ2n) is 3.96. The highest BCUT2D eigenvalue weighted by molar-refractivity contribution is 5.77. The van der Waals surface area contributed by atoms with E-state index in [1.165, 1.54) is 5.56 Å². The molecule has 1 aromatic rings.